The third kappa shape index (κ3) is 3.78. The van der Waals surface area contributed by atoms with Gasteiger partial charge in [0.2, 0.25) is 6.23 Å². The molecule has 1 aliphatic heterocycles. The van der Waals surface area contributed by atoms with E-state index in [0.29, 0.717) is 17.4 Å². The number of aromatic nitrogens is 2. The first kappa shape index (κ1) is 16.8. The Morgan fingerprint density at radius 1 is 1.31 bits per heavy atom. The normalized spacial score (nSPS) is 16.5. The van der Waals surface area contributed by atoms with E-state index in [1.807, 2.05) is 36.4 Å². The zero-order valence-electron chi connectivity index (χ0n) is 13.4. The zero-order valence-corrected chi connectivity index (χ0v) is 15.0. The van der Waals surface area contributed by atoms with Gasteiger partial charge in [-0.25, -0.2) is 14.8 Å². The highest BCUT2D eigenvalue weighted by Gasteiger charge is 2.24. The molecule has 0 radical (unpaired) electrons. The molecule has 2 aromatic heterocycles. The third-order valence-corrected chi connectivity index (χ3v) is 5.69. The lowest BCUT2D eigenvalue weighted by Crippen LogP contribution is -2.13. The Hall–Kier alpha value is -2.65. The van der Waals surface area contributed by atoms with Crippen molar-refractivity contribution in [2.75, 3.05) is 5.75 Å². The number of hydrogen-bond donors (Lipinski definition) is 1. The SMILES string of the molecule is O=C(O)OC1CSC(c2nc3ccc(OCc4ccccn4)cc3s2)=N1. The number of aliphatic imine (C=N–C) groups is 1. The molecule has 3 heterocycles. The van der Waals surface area contributed by atoms with E-state index >= 15 is 0 Å². The van der Waals surface area contributed by atoms with Crippen LogP contribution in [0.3, 0.4) is 0 Å². The lowest BCUT2D eigenvalue weighted by Gasteiger charge is -2.05. The summed E-state index contributed by atoms with van der Waals surface area (Å²) in [6.45, 7) is 0.398. The van der Waals surface area contributed by atoms with Gasteiger partial charge in [-0.15, -0.1) is 11.3 Å². The van der Waals surface area contributed by atoms with E-state index in [0.717, 1.165) is 26.7 Å². The van der Waals surface area contributed by atoms with Gasteiger partial charge in [-0.2, -0.15) is 0 Å². The molecule has 1 unspecified atom stereocenters. The number of benzene rings is 1. The topological polar surface area (TPSA) is 93.9 Å². The standard InChI is InChI=1S/C17H13N3O4S2/c21-17(22)24-14-9-25-15(20-14)16-19-12-5-4-11(7-13(12)26-16)23-8-10-3-1-2-6-18-10/h1-7,14H,8-9H2,(H,21,22). The summed E-state index contributed by atoms with van der Waals surface area (Å²) in [5.41, 5.74) is 1.71. The van der Waals surface area contributed by atoms with E-state index in [4.69, 9.17) is 9.84 Å². The summed E-state index contributed by atoms with van der Waals surface area (Å²) in [6, 6.07) is 11.4. The summed E-state index contributed by atoms with van der Waals surface area (Å²) in [6.07, 6.45) is -0.255. The largest absolute Gasteiger partial charge is 0.507 e. The monoisotopic (exact) mass is 387 g/mol. The molecule has 7 nitrogen and oxygen atoms in total. The summed E-state index contributed by atoms with van der Waals surface area (Å²) < 4.78 is 11.5. The van der Waals surface area contributed by atoms with E-state index in [9.17, 15) is 4.79 Å². The van der Waals surface area contributed by atoms with Gasteiger partial charge in [0.05, 0.1) is 21.7 Å². The van der Waals surface area contributed by atoms with Crippen LogP contribution < -0.4 is 4.74 Å². The fraction of sp³-hybridized carbons (Fsp3) is 0.176. The Balaban J connectivity index is 1.50. The van der Waals surface area contributed by atoms with Gasteiger partial charge in [0.1, 0.15) is 22.4 Å². The quantitative estimate of drug-likeness (QED) is 0.666. The van der Waals surface area contributed by atoms with E-state index < -0.39 is 12.4 Å². The molecule has 0 amide bonds. The van der Waals surface area contributed by atoms with Crippen LogP contribution in [0.15, 0.2) is 47.6 Å². The van der Waals surface area contributed by atoms with Crippen molar-refractivity contribution in [3.05, 3.63) is 53.3 Å². The number of thiazole rings is 1. The molecule has 26 heavy (non-hydrogen) atoms. The minimum atomic E-state index is -1.32. The van der Waals surface area contributed by atoms with Crippen molar-refractivity contribution < 1.29 is 19.4 Å². The Bertz CT molecular complexity index is 975. The highest BCUT2D eigenvalue weighted by Crippen LogP contribution is 2.32. The minimum Gasteiger partial charge on any atom is -0.487 e. The Labute approximate surface area is 156 Å². The van der Waals surface area contributed by atoms with Crippen molar-refractivity contribution >= 4 is 44.5 Å². The number of carboxylic acid groups (broad SMARTS) is 1. The summed E-state index contributed by atoms with van der Waals surface area (Å²) in [5, 5.41) is 10.1. The lowest BCUT2D eigenvalue weighted by molar-refractivity contribution is 0.0651. The maximum absolute atomic E-state index is 10.6. The van der Waals surface area contributed by atoms with Gasteiger partial charge in [-0.05, 0) is 30.3 Å². The van der Waals surface area contributed by atoms with Crippen LogP contribution in [0.25, 0.3) is 10.2 Å². The van der Waals surface area contributed by atoms with Crippen LogP contribution in [-0.2, 0) is 11.3 Å². The highest BCUT2D eigenvalue weighted by molar-refractivity contribution is 8.15. The van der Waals surface area contributed by atoms with Crippen LogP contribution in [0.2, 0.25) is 0 Å². The molecule has 0 spiro atoms. The predicted octanol–water partition coefficient (Wildman–Crippen LogP) is 3.78. The molecular weight excluding hydrogens is 374 g/mol. The first-order chi connectivity index (χ1) is 12.7. The molecule has 1 aliphatic rings. The Morgan fingerprint density at radius 3 is 3.04 bits per heavy atom. The number of ether oxygens (including phenoxy) is 2. The first-order valence-corrected chi connectivity index (χ1v) is 9.51. The van der Waals surface area contributed by atoms with Crippen LogP contribution in [0, 0.1) is 0 Å². The van der Waals surface area contributed by atoms with Crippen molar-refractivity contribution in [1.29, 1.82) is 0 Å². The van der Waals surface area contributed by atoms with Gasteiger partial charge in [-0.1, -0.05) is 17.8 Å². The maximum atomic E-state index is 10.6. The van der Waals surface area contributed by atoms with Crippen molar-refractivity contribution in [2.45, 2.75) is 12.8 Å². The van der Waals surface area contributed by atoms with Crippen molar-refractivity contribution in [3.8, 4) is 5.75 Å². The van der Waals surface area contributed by atoms with Crippen LogP contribution in [0.1, 0.15) is 10.7 Å². The molecular formula is C17H13N3O4S2. The third-order valence-electron chi connectivity index (χ3n) is 3.52. The molecule has 4 rings (SSSR count). The molecule has 9 heteroatoms. The van der Waals surface area contributed by atoms with Crippen molar-refractivity contribution in [2.24, 2.45) is 4.99 Å². The van der Waals surface area contributed by atoms with E-state index in [-0.39, 0.29) is 0 Å². The summed E-state index contributed by atoms with van der Waals surface area (Å²) in [7, 11) is 0. The van der Waals surface area contributed by atoms with E-state index in [2.05, 4.69) is 19.7 Å². The molecule has 132 valence electrons. The molecule has 1 N–H and O–H groups in total. The smallest absolute Gasteiger partial charge is 0.487 e. The number of carbonyl (C=O) groups is 1. The predicted molar refractivity (Wildman–Crippen MR) is 100 cm³/mol. The second kappa shape index (κ2) is 7.30. The zero-order chi connectivity index (χ0) is 17.9. The van der Waals surface area contributed by atoms with Gasteiger partial charge >= 0.3 is 6.16 Å². The van der Waals surface area contributed by atoms with Gasteiger partial charge in [0, 0.05) is 6.20 Å². The number of hydrogen-bond acceptors (Lipinski definition) is 8. The lowest BCUT2D eigenvalue weighted by atomic mass is 10.3. The summed E-state index contributed by atoms with van der Waals surface area (Å²) >= 11 is 2.93. The van der Waals surface area contributed by atoms with Gasteiger partial charge in [0.25, 0.3) is 0 Å². The molecule has 0 bridgehead atoms. The highest BCUT2D eigenvalue weighted by atomic mass is 32.2. The fourth-order valence-corrected chi connectivity index (χ4v) is 4.37. The molecule has 0 aliphatic carbocycles. The van der Waals surface area contributed by atoms with E-state index in [1.165, 1.54) is 23.1 Å². The average molecular weight is 387 g/mol. The minimum absolute atomic E-state index is 0.398. The Morgan fingerprint density at radius 2 is 2.23 bits per heavy atom. The van der Waals surface area contributed by atoms with Gasteiger partial charge in [-0.3, -0.25) is 4.98 Å². The fourth-order valence-electron chi connectivity index (χ4n) is 2.38. The van der Waals surface area contributed by atoms with Crippen LogP contribution in [0.5, 0.6) is 5.75 Å². The number of thioether (sulfide) groups is 1. The van der Waals surface area contributed by atoms with Crippen molar-refractivity contribution in [3.63, 3.8) is 0 Å². The van der Waals surface area contributed by atoms with E-state index in [1.54, 1.807) is 6.20 Å². The number of pyridine rings is 1. The Kier molecular flexibility index (Phi) is 4.72. The van der Waals surface area contributed by atoms with Crippen molar-refractivity contribution in [1.82, 2.24) is 9.97 Å². The molecule has 0 fully saturated rings. The molecule has 1 aromatic carbocycles. The van der Waals surface area contributed by atoms with Crippen LogP contribution in [-0.4, -0.2) is 38.3 Å². The molecule has 0 saturated heterocycles. The van der Waals surface area contributed by atoms with Crippen LogP contribution in [0.4, 0.5) is 4.79 Å². The summed E-state index contributed by atoms with van der Waals surface area (Å²) in [5.74, 6) is 1.21. The molecule has 1 atom stereocenters. The second-order valence-electron chi connectivity index (χ2n) is 5.34. The molecule has 3 aromatic rings. The number of fused-ring (bicyclic) bond motifs is 1. The average Bonchev–Trinajstić information content (AvgIpc) is 3.26. The van der Waals surface area contributed by atoms with Gasteiger partial charge < -0.3 is 14.6 Å². The number of rotatable bonds is 5. The van der Waals surface area contributed by atoms with Crippen LogP contribution >= 0.6 is 23.1 Å². The first-order valence-electron chi connectivity index (χ1n) is 7.71. The second-order valence-corrected chi connectivity index (χ2v) is 7.38. The molecule has 0 saturated carbocycles. The maximum Gasteiger partial charge on any atom is 0.507 e. The number of nitrogens with zero attached hydrogens (tertiary/aromatic N) is 3. The summed E-state index contributed by atoms with van der Waals surface area (Å²) in [4.78, 5) is 23.7. The van der Waals surface area contributed by atoms with Gasteiger partial charge in [0.15, 0.2) is 0 Å².